The number of carbonyl (C=O) groups excluding carboxylic acids is 4. The topological polar surface area (TPSA) is 87.2 Å². The van der Waals surface area contributed by atoms with Crippen LogP contribution >= 0.6 is 0 Å². The zero-order valence-electron chi connectivity index (χ0n) is 19.6. The van der Waals surface area contributed by atoms with E-state index in [0.29, 0.717) is 59.3 Å². The van der Waals surface area contributed by atoms with Crippen LogP contribution in [-0.4, -0.2) is 70.9 Å². The Hall–Kier alpha value is -3.10. The van der Waals surface area contributed by atoms with Gasteiger partial charge in [-0.25, -0.2) is 10.0 Å². The summed E-state index contributed by atoms with van der Waals surface area (Å²) in [5, 5.41) is 3.71. The number of benzene rings is 2. The molecule has 2 aromatic rings. The summed E-state index contributed by atoms with van der Waals surface area (Å²) in [4.78, 5) is 55.0. The van der Waals surface area contributed by atoms with Crippen molar-refractivity contribution in [1.82, 2.24) is 14.9 Å². The zero-order chi connectivity index (χ0) is 24.0. The molecule has 3 aliphatic heterocycles. The molecule has 0 N–H and O–H groups in total. The maximum absolute atomic E-state index is 13.5. The van der Waals surface area contributed by atoms with E-state index in [9.17, 15) is 19.2 Å². The van der Waals surface area contributed by atoms with Crippen molar-refractivity contribution in [3.63, 3.8) is 0 Å². The first-order valence-corrected chi connectivity index (χ1v) is 12.1. The fourth-order valence-electron chi connectivity index (χ4n) is 5.29. The molecule has 1 saturated heterocycles. The number of ether oxygens (including phenoxy) is 1. The highest BCUT2D eigenvalue weighted by molar-refractivity contribution is 6.33. The highest BCUT2D eigenvalue weighted by atomic mass is 16.5. The molecule has 3 heterocycles. The van der Waals surface area contributed by atoms with Gasteiger partial charge >= 0.3 is 0 Å². The van der Waals surface area contributed by atoms with E-state index in [0.717, 1.165) is 32.1 Å². The van der Waals surface area contributed by atoms with Crippen molar-refractivity contribution < 1.29 is 23.9 Å². The summed E-state index contributed by atoms with van der Waals surface area (Å²) in [6, 6.07) is 6.26. The average Bonchev–Trinajstić information content (AvgIpc) is 2.84. The van der Waals surface area contributed by atoms with Gasteiger partial charge in [-0.1, -0.05) is 32.6 Å². The molecule has 178 valence electrons. The zero-order valence-corrected chi connectivity index (χ0v) is 19.6. The van der Waals surface area contributed by atoms with Gasteiger partial charge in [-0.15, -0.1) is 0 Å². The fraction of sp³-hybridized carbons (Fsp3) is 0.462. The lowest BCUT2D eigenvalue weighted by atomic mass is 9.85. The molecule has 0 aliphatic carbocycles. The molecule has 0 spiro atoms. The summed E-state index contributed by atoms with van der Waals surface area (Å²) in [5.74, 6) is -1.59. The van der Waals surface area contributed by atoms with Gasteiger partial charge in [-0.05, 0) is 37.6 Å². The fourth-order valence-corrected chi connectivity index (χ4v) is 5.29. The summed E-state index contributed by atoms with van der Waals surface area (Å²) in [7, 11) is 0. The second-order valence-electron chi connectivity index (χ2n) is 9.24. The highest BCUT2D eigenvalue weighted by Crippen LogP contribution is 2.39. The molecule has 0 saturated carbocycles. The Morgan fingerprint density at radius 1 is 0.765 bits per heavy atom. The van der Waals surface area contributed by atoms with Gasteiger partial charge in [0.2, 0.25) is 0 Å². The molecule has 8 heteroatoms. The van der Waals surface area contributed by atoms with Gasteiger partial charge in [0.05, 0.1) is 24.3 Å². The summed E-state index contributed by atoms with van der Waals surface area (Å²) in [6.45, 7) is 5.80. The van der Waals surface area contributed by atoms with E-state index in [1.165, 1.54) is 9.91 Å². The Bertz CT molecular complexity index is 1130. The van der Waals surface area contributed by atoms with Gasteiger partial charge in [-0.3, -0.25) is 24.1 Å². The molecule has 4 amide bonds. The van der Waals surface area contributed by atoms with Crippen LogP contribution in [0.15, 0.2) is 24.3 Å². The van der Waals surface area contributed by atoms with Gasteiger partial charge in [0.15, 0.2) is 0 Å². The lowest BCUT2D eigenvalue weighted by Crippen LogP contribution is -2.55. The summed E-state index contributed by atoms with van der Waals surface area (Å²) >= 11 is 0. The van der Waals surface area contributed by atoms with Crippen molar-refractivity contribution in [3.05, 3.63) is 46.5 Å². The monoisotopic (exact) mass is 463 g/mol. The van der Waals surface area contributed by atoms with Crippen LogP contribution in [0.2, 0.25) is 0 Å². The Balaban J connectivity index is 1.54. The summed E-state index contributed by atoms with van der Waals surface area (Å²) < 4.78 is 5.36. The predicted octanol–water partition coefficient (Wildman–Crippen LogP) is 3.64. The van der Waals surface area contributed by atoms with Crippen molar-refractivity contribution in [1.29, 1.82) is 0 Å². The molecule has 8 nitrogen and oxygen atoms in total. The second-order valence-corrected chi connectivity index (χ2v) is 9.24. The minimum Gasteiger partial charge on any atom is -0.379 e. The molecular weight excluding hydrogens is 434 g/mol. The molecule has 3 aliphatic rings. The third-order valence-corrected chi connectivity index (χ3v) is 7.09. The van der Waals surface area contributed by atoms with Gasteiger partial charge < -0.3 is 4.74 Å². The smallest absolute Gasteiger partial charge is 0.276 e. The first kappa shape index (κ1) is 22.7. The Morgan fingerprint density at radius 3 is 1.76 bits per heavy atom. The molecule has 1 unspecified atom stereocenters. The van der Waals surface area contributed by atoms with E-state index in [4.69, 9.17) is 4.74 Å². The second kappa shape index (κ2) is 8.92. The molecule has 0 radical (unpaired) electrons. The van der Waals surface area contributed by atoms with Gasteiger partial charge in [0.25, 0.3) is 23.6 Å². The van der Waals surface area contributed by atoms with Crippen LogP contribution in [0, 0.1) is 0 Å². The third-order valence-electron chi connectivity index (χ3n) is 7.09. The number of unbranched alkanes of at least 4 members (excludes halogenated alkanes) is 3. The number of hydrazine groups is 1. The third kappa shape index (κ3) is 3.44. The molecule has 1 fully saturated rings. The summed E-state index contributed by atoms with van der Waals surface area (Å²) in [6.07, 6.45) is 5.02. The maximum atomic E-state index is 13.5. The van der Waals surface area contributed by atoms with Crippen LogP contribution < -0.4 is 0 Å². The van der Waals surface area contributed by atoms with E-state index < -0.39 is 11.8 Å². The SMILES string of the molecule is CCCCCCC(C)N1C(=O)c2ccc3c4c(ccc(c24)C1=O)C(=O)N(N1CCOCC1)C3=O. The highest BCUT2D eigenvalue weighted by Gasteiger charge is 2.42. The van der Waals surface area contributed by atoms with Crippen molar-refractivity contribution in [2.24, 2.45) is 0 Å². The van der Waals surface area contributed by atoms with Crippen LogP contribution in [0.25, 0.3) is 10.8 Å². The Morgan fingerprint density at radius 2 is 1.26 bits per heavy atom. The predicted molar refractivity (Wildman–Crippen MR) is 126 cm³/mol. The van der Waals surface area contributed by atoms with Crippen molar-refractivity contribution in [2.75, 3.05) is 26.3 Å². The first-order valence-electron chi connectivity index (χ1n) is 12.1. The number of hydrogen-bond acceptors (Lipinski definition) is 6. The largest absolute Gasteiger partial charge is 0.379 e. The van der Waals surface area contributed by atoms with E-state index in [2.05, 4.69) is 6.92 Å². The quantitative estimate of drug-likeness (QED) is 0.460. The minimum atomic E-state index is -0.435. The van der Waals surface area contributed by atoms with Crippen LogP contribution in [0.5, 0.6) is 0 Å². The molecule has 0 bridgehead atoms. The van der Waals surface area contributed by atoms with E-state index in [-0.39, 0.29) is 17.9 Å². The van der Waals surface area contributed by atoms with E-state index in [1.54, 1.807) is 29.3 Å². The molecule has 1 atom stereocenters. The number of nitrogens with zero attached hydrogens (tertiary/aromatic N) is 3. The number of carbonyl (C=O) groups is 4. The number of rotatable bonds is 7. The number of hydrogen-bond donors (Lipinski definition) is 0. The molecule has 0 aromatic heterocycles. The average molecular weight is 464 g/mol. The standard InChI is InChI=1S/C26H29N3O5/c1-3-4-5-6-7-16(2)28-23(30)17-8-10-19-22-20(11-9-18(21(17)22)24(28)31)26(33)29(25(19)32)27-12-14-34-15-13-27/h8-11,16H,3-7,12-15H2,1-2H3. The first-order chi connectivity index (χ1) is 16.5. The Kier molecular flexibility index (Phi) is 5.95. The summed E-state index contributed by atoms with van der Waals surface area (Å²) in [5.41, 5.74) is 1.42. The van der Waals surface area contributed by atoms with Crippen LogP contribution in [0.3, 0.4) is 0 Å². The Labute approximate surface area is 198 Å². The van der Waals surface area contributed by atoms with E-state index >= 15 is 0 Å². The van der Waals surface area contributed by atoms with E-state index in [1.807, 2.05) is 6.92 Å². The maximum Gasteiger partial charge on any atom is 0.276 e. The molecule has 34 heavy (non-hydrogen) atoms. The molecule has 2 aromatic carbocycles. The lowest BCUT2D eigenvalue weighted by Gasteiger charge is -2.39. The van der Waals surface area contributed by atoms with Gasteiger partial charge in [-0.2, -0.15) is 0 Å². The number of amides is 4. The van der Waals surface area contributed by atoms with Crippen molar-refractivity contribution in [3.8, 4) is 0 Å². The molecule has 5 rings (SSSR count). The minimum absolute atomic E-state index is 0.229. The van der Waals surface area contributed by atoms with Crippen molar-refractivity contribution >= 4 is 34.4 Å². The van der Waals surface area contributed by atoms with Crippen LogP contribution in [0.4, 0.5) is 0 Å². The van der Waals surface area contributed by atoms with Gasteiger partial charge in [0, 0.05) is 41.0 Å². The van der Waals surface area contributed by atoms with Crippen LogP contribution in [0.1, 0.15) is 87.4 Å². The van der Waals surface area contributed by atoms with Crippen molar-refractivity contribution in [2.45, 2.75) is 52.0 Å². The normalized spacial score (nSPS) is 19.4. The van der Waals surface area contributed by atoms with Gasteiger partial charge in [0.1, 0.15) is 0 Å². The van der Waals surface area contributed by atoms with Crippen LogP contribution in [-0.2, 0) is 4.74 Å². The number of morpholine rings is 1. The lowest BCUT2D eigenvalue weighted by molar-refractivity contribution is -0.0553. The number of imide groups is 2. The molecular formula is C26H29N3O5.